The topological polar surface area (TPSA) is 93.3 Å². The van der Waals surface area contributed by atoms with E-state index >= 15 is 0 Å². The molecule has 0 atom stereocenters. The van der Waals surface area contributed by atoms with Crippen molar-refractivity contribution in [2.45, 2.75) is 38.6 Å². The molecule has 0 bridgehead atoms. The van der Waals surface area contributed by atoms with E-state index in [1.54, 1.807) is 12.3 Å². The van der Waals surface area contributed by atoms with Gasteiger partial charge in [-0.3, -0.25) is 4.79 Å². The summed E-state index contributed by atoms with van der Waals surface area (Å²) in [6.45, 7) is 0.457. The molecule has 1 amide bonds. The predicted molar refractivity (Wildman–Crippen MR) is 111 cm³/mol. The number of hydrogen-bond acceptors (Lipinski definition) is 5. The van der Waals surface area contributed by atoms with Crippen LogP contribution in [0.1, 0.15) is 32.1 Å². The maximum Gasteiger partial charge on any atom is 0.352 e. The van der Waals surface area contributed by atoms with Gasteiger partial charge in [-0.15, -0.1) is 5.10 Å². The van der Waals surface area contributed by atoms with Gasteiger partial charge in [0.15, 0.2) is 0 Å². The minimum absolute atomic E-state index is 0.122. The van der Waals surface area contributed by atoms with Crippen LogP contribution in [0.2, 0.25) is 0 Å². The molecule has 0 unspecified atom stereocenters. The van der Waals surface area contributed by atoms with Crippen molar-refractivity contribution in [1.82, 2.24) is 24.5 Å². The number of nitrogens with zero attached hydrogens (tertiary/aromatic N) is 4. The highest BCUT2D eigenvalue weighted by atomic mass is 16.2. The van der Waals surface area contributed by atoms with Crippen LogP contribution in [0, 0.1) is 0 Å². The van der Waals surface area contributed by atoms with Crippen LogP contribution in [0.3, 0.4) is 0 Å². The summed E-state index contributed by atoms with van der Waals surface area (Å²) in [7, 11) is 0. The molecule has 0 aliphatic heterocycles. The van der Waals surface area contributed by atoms with E-state index in [0.29, 0.717) is 12.4 Å². The average Bonchev–Trinajstić information content (AvgIpc) is 3.04. The van der Waals surface area contributed by atoms with Gasteiger partial charge in [-0.2, -0.15) is 4.98 Å². The standard InChI is InChI=1S/C21H24N6O2/c28-19(22-13-11-16-7-3-1-4-8-16)15-27-21(29)26-14-12-18(24-20(26)25-27)23-17-9-5-2-6-10-17/h2,5-7,9-10,12,14H,1,3-4,8,11,13,15H2,(H,22,28)(H,23,24,25). The van der Waals surface area contributed by atoms with Crippen LogP contribution in [-0.2, 0) is 11.3 Å². The minimum atomic E-state index is -0.385. The molecule has 1 aliphatic rings. The minimum Gasteiger partial charge on any atom is -0.354 e. The Bertz CT molecular complexity index is 1080. The first kappa shape index (κ1) is 18.9. The third-order valence-corrected chi connectivity index (χ3v) is 4.95. The number of nitrogens with one attached hydrogen (secondary N) is 2. The molecule has 0 saturated heterocycles. The van der Waals surface area contributed by atoms with Gasteiger partial charge in [-0.05, 0) is 50.3 Å². The summed E-state index contributed by atoms with van der Waals surface area (Å²) in [5, 5.41) is 10.2. The number of hydrogen-bond donors (Lipinski definition) is 2. The van der Waals surface area contributed by atoms with Gasteiger partial charge >= 0.3 is 5.69 Å². The molecule has 29 heavy (non-hydrogen) atoms. The van der Waals surface area contributed by atoms with Gasteiger partial charge in [0, 0.05) is 18.4 Å². The van der Waals surface area contributed by atoms with Crippen molar-refractivity contribution in [3.05, 3.63) is 64.7 Å². The molecule has 0 fully saturated rings. The number of rotatable bonds is 7. The van der Waals surface area contributed by atoms with Crippen molar-refractivity contribution in [1.29, 1.82) is 0 Å². The Kier molecular flexibility index (Phi) is 5.69. The second kappa shape index (κ2) is 8.72. The van der Waals surface area contributed by atoms with Gasteiger partial charge < -0.3 is 10.6 Å². The highest BCUT2D eigenvalue weighted by Crippen LogP contribution is 2.19. The molecule has 0 saturated carbocycles. The zero-order chi connectivity index (χ0) is 20.1. The Morgan fingerprint density at radius 1 is 1.14 bits per heavy atom. The molecule has 2 N–H and O–H groups in total. The van der Waals surface area contributed by atoms with Crippen LogP contribution in [0.15, 0.2) is 59.0 Å². The Labute approximate surface area is 168 Å². The maximum absolute atomic E-state index is 12.5. The zero-order valence-corrected chi connectivity index (χ0v) is 16.2. The lowest BCUT2D eigenvalue weighted by Gasteiger charge is -2.12. The predicted octanol–water partition coefficient (Wildman–Crippen LogP) is 2.64. The van der Waals surface area contributed by atoms with Gasteiger partial charge in [0.25, 0.3) is 5.78 Å². The smallest absolute Gasteiger partial charge is 0.352 e. The van der Waals surface area contributed by atoms with Crippen molar-refractivity contribution in [2.24, 2.45) is 0 Å². The van der Waals surface area contributed by atoms with Crippen LogP contribution < -0.4 is 16.3 Å². The molecule has 4 rings (SSSR count). The van der Waals surface area contributed by atoms with E-state index in [2.05, 4.69) is 26.8 Å². The molecule has 8 heteroatoms. The fourth-order valence-corrected chi connectivity index (χ4v) is 3.43. The summed E-state index contributed by atoms with van der Waals surface area (Å²) in [5.74, 6) is 0.594. The second-order valence-electron chi connectivity index (χ2n) is 7.12. The molecular formula is C21H24N6O2. The van der Waals surface area contributed by atoms with Crippen molar-refractivity contribution in [3.8, 4) is 0 Å². The molecule has 150 valence electrons. The third-order valence-electron chi connectivity index (χ3n) is 4.95. The second-order valence-corrected chi connectivity index (χ2v) is 7.12. The van der Waals surface area contributed by atoms with E-state index in [1.807, 2.05) is 30.3 Å². The molecule has 1 aliphatic carbocycles. The summed E-state index contributed by atoms with van der Waals surface area (Å²) in [6.07, 6.45) is 9.47. The fourth-order valence-electron chi connectivity index (χ4n) is 3.43. The number of aromatic nitrogens is 4. The van der Waals surface area contributed by atoms with Crippen LogP contribution >= 0.6 is 0 Å². The lowest BCUT2D eigenvalue weighted by Crippen LogP contribution is -2.33. The molecule has 3 aromatic rings. The van der Waals surface area contributed by atoms with Gasteiger partial charge in [0.1, 0.15) is 12.4 Å². The number of allylic oxidation sites excluding steroid dienone is 1. The average molecular weight is 392 g/mol. The van der Waals surface area contributed by atoms with Gasteiger partial charge in [0.05, 0.1) is 0 Å². The highest BCUT2D eigenvalue weighted by Gasteiger charge is 2.12. The first-order chi connectivity index (χ1) is 14.2. The van der Waals surface area contributed by atoms with Gasteiger partial charge in [-0.25, -0.2) is 13.9 Å². The van der Waals surface area contributed by atoms with E-state index in [9.17, 15) is 9.59 Å². The fraction of sp³-hybridized carbons (Fsp3) is 0.333. The van der Waals surface area contributed by atoms with Crippen LogP contribution in [0.4, 0.5) is 11.5 Å². The number of amides is 1. The van der Waals surface area contributed by atoms with Crippen LogP contribution in [0.5, 0.6) is 0 Å². The van der Waals surface area contributed by atoms with Crippen molar-refractivity contribution in [2.75, 3.05) is 11.9 Å². The molecular weight excluding hydrogens is 368 g/mol. The Balaban J connectivity index is 1.39. The lowest BCUT2D eigenvalue weighted by atomic mass is 9.97. The quantitative estimate of drug-likeness (QED) is 0.603. The first-order valence-corrected chi connectivity index (χ1v) is 9.92. The maximum atomic E-state index is 12.5. The Hall–Kier alpha value is -3.42. The van der Waals surface area contributed by atoms with Crippen molar-refractivity contribution >= 4 is 23.2 Å². The third kappa shape index (κ3) is 4.71. The van der Waals surface area contributed by atoms with E-state index in [1.165, 1.54) is 22.8 Å². The Morgan fingerprint density at radius 3 is 2.79 bits per heavy atom. The monoisotopic (exact) mass is 392 g/mol. The number of carbonyl (C=O) groups excluding carboxylic acids is 1. The van der Waals surface area contributed by atoms with Gasteiger partial charge in [-0.1, -0.05) is 29.8 Å². The van der Waals surface area contributed by atoms with Gasteiger partial charge in [0.2, 0.25) is 5.91 Å². The number of fused-ring (bicyclic) bond motifs is 1. The summed E-state index contributed by atoms with van der Waals surface area (Å²) in [4.78, 5) is 29.1. The number of carbonyl (C=O) groups is 1. The number of anilines is 2. The molecule has 2 aromatic heterocycles. The van der Waals surface area contributed by atoms with Crippen LogP contribution in [-0.4, -0.2) is 31.6 Å². The van der Waals surface area contributed by atoms with E-state index in [4.69, 9.17) is 0 Å². The molecule has 0 spiro atoms. The van der Waals surface area contributed by atoms with E-state index < -0.39 is 0 Å². The molecule has 8 nitrogen and oxygen atoms in total. The summed E-state index contributed by atoms with van der Waals surface area (Å²) in [5.41, 5.74) is 1.91. The molecule has 0 radical (unpaired) electrons. The first-order valence-electron chi connectivity index (χ1n) is 9.92. The van der Waals surface area contributed by atoms with Crippen molar-refractivity contribution in [3.63, 3.8) is 0 Å². The largest absolute Gasteiger partial charge is 0.354 e. The van der Waals surface area contributed by atoms with E-state index in [-0.39, 0.29) is 23.9 Å². The van der Waals surface area contributed by atoms with Crippen LogP contribution in [0.25, 0.3) is 5.78 Å². The molecule has 2 heterocycles. The SMILES string of the molecule is O=C(Cn1nc2nc(Nc3ccccc3)ccn2c1=O)NCCC1=CCCCC1. The zero-order valence-electron chi connectivity index (χ0n) is 16.2. The normalized spacial score (nSPS) is 13.9. The summed E-state index contributed by atoms with van der Waals surface area (Å²) in [6, 6.07) is 11.3. The number of para-hydroxylation sites is 1. The lowest BCUT2D eigenvalue weighted by molar-refractivity contribution is -0.121. The summed E-state index contributed by atoms with van der Waals surface area (Å²) < 4.78 is 2.47. The molecule has 1 aromatic carbocycles. The van der Waals surface area contributed by atoms with Crippen molar-refractivity contribution < 1.29 is 4.79 Å². The van der Waals surface area contributed by atoms with E-state index in [0.717, 1.165) is 29.6 Å². The Morgan fingerprint density at radius 2 is 2.00 bits per heavy atom. The number of benzene rings is 1. The summed E-state index contributed by atoms with van der Waals surface area (Å²) >= 11 is 0. The highest BCUT2D eigenvalue weighted by molar-refractivity contribution is 5.75.